The quantitative estimate of drug-likeness (QED) is 0.0864. The average molecular weight is 688 g/mol. The molecule has 0 bridgehead atoms. The lowest BCUT2D eigenvalue weighted by Gasteiger charge is -2.36. The molecule has 1 aliphatic rings. The van der Waals surface area contributed by atoms with Crippen molar-refractivity contribution in [2.24, 2.45) is 0 Å². The van der Waals surface area contributed by atoms with Gasteiger partial charge in [0.05, 0.1) is 0 Å². The number of rotatable bonds is 14. The Bertz CT molecular complexity index is 1950. The van der Waals surface area contributed by atoms with E-state index >= 15 is 0 Å². The molecule has 0 saturated carbocycles. The third-order valence-corrected chi connectivity index (χ3v) is 8.82. The number of carboxylic acids is 1. The fraction of sp³-hybridized carbons (Fsp3) is 0.297. The molecule has 1 atom stereocenters. The first kappa shape index (κ1) is 33.9. The second-order valence-electron chi connectivity index (χ2n) is 12.0. The van der Waals surface area contributed by atoms with Gasteiger partial charge in [0.25, 0.3) is 0 Å². The van der Waals surface area contributed by atoms with Gasteiger partial charge in [-0.15, -0.1) is 0 Å². The number of benzene rings is 3. The first-order valence-electron chi connectivity index (χ1n) is 16.1. The molecule has 10 nitrogen and oxygen atoms in total. The summed E-state index contributed by atoms with van der Waals surface area (Å²) in [5.41, 5.74) is 5.55. The van der Waals surface area contributed by atoms with Crippen molar-refractivity contribution in [1.82, 2.24) is 14.9 Å². The molecule has 1 aliphatic carbocycles. The number of carboxylic acid groups (broad SMARTS) is 2. The topological polar surface area (TPSA) is 135 Å². The Balaban J connectivity index is 1.15. The largest absolute Gasteiger partial charge is 0.512 e. The summed E-state index contributed by atoms with van der Waals surface area (Å²) >= 11 is 6.08. The van der Waals surface area contributed by atoms with Gasteiger partial charge in [0.2, 0.25) is 11.8 Å². The number of unbranched alkanes of at least 4 members (excludes halogenated alkanes) is 1. The zero-order valence-electron chi connectivity index (χ0n) is 26.6. The van der Waals surface area contributed by atoms with Gasteiger partial charge >= 0.3 is 12.1 Å². The van der Waals surface area contributed by atoms with Crippen LogP contribution in [0, 0.1) is 5.82 Å². The van der Waals surface area contributed by atoms with E-state index in [9.17, 15) is 14.0 Å². The highest BCUT2D eigenvalue weighted by Crippen LogP contribution is 2.36. The van der Waals surface area contributed by atoms with E-state index in [2.05, 4.69) is 14.9 Å². The summed E-state index contributed by atoms with van der Waals surface area (Å²) < 4.78 is 31.4. The fourth-order valence-electron chi connectivity index (χ4n) is 6.23. The Hall–Kier alpha value is -5.00. The van der Waals surface area contributed by atoms with Crippen molar-refractivity contribution in [3.05, 3.63) is 106 Å². The van der Waals surface area contributed by atoms with Gasteiger partial charge in [-0.25, -0.2) is 19.2 Å². The van der Waals surface area contributed by atoms with Crippen LogP contribution >= 0.6 is 11.6 Å². The van der Waals surface area contributed by atoms with E-state index in [4.69, 9.17) is 35.7 Å². The highest BCUT2D eigenvalue weighted by Gasteiger charge is 2.27. The molecule has 2 N–H and O–H groups in total. The number of pyridine rings is 1. The highest BCUT2D eigenvalue weighted by molar-refractivity contribution is 6.31. The fourth-order valence-corrected chi connectivity index (χ4v) is 6.40. The molecule has 6 rings (SSSR count). The molecule has 3 aromatic carbocycles. The van der Waals surface area contributed by atoms with Crippen molar-refractivity contribution in [2.45, 2.75) is 57.6 Å². The first-order chi connectivity index (χ1) is 23.7. The van der Waals surface area contributed by atoms with Crippen molar-refractivity contribution >= 4 is 34.8 Å². The van der Waals surface area contributed by atoms with Crippen molar-refractivity contribution in [1.29, 1.82) is 0 Å². The van der Waals surface area contributed by atoms with Gasteiger partial charge in [0, 0.05) is 41.4 Å². The maximum absolute atomic E-state index is 14.5. The standard InChI is InChI=1S/C37H35ClFN3O7/c38-26-11-14-33-30(21-26)41-36(48-33)24-9-7-23(8-10-24)22-47-32-15-12-27(39)20-25(32)17-19-42(18-2-1-6-35(43)44)31-5-3-4-29-28(31)13-16-34(40-29)49-37(45)46/h7-16,20-21,31H,1-6,17-19,22H2,(H,43,44)(H,45,46). The van der Waals surface area contributed by atoms with E-state index < -0.39 is 12.1 Å². The maximum atomic E-state index is 14.5. The van der Waals surface area contributed by atoms with E-state index in [1.807, 2.05) is 30.3 Å². The number of hydrogen-bond donors (Lipinski definition) is 2. The minimum Gasteiger partial charge on any atom is -0.489 e. The molecule has 49 heavy (non-hydrogen) atoms. The van der Waals surface area contributed by atoms with Crippen LogP contribution in [0.1, 0.15) is 60.5 Å². The number of ether oxygens (including phenoxy) is 2. The third kappa shape index (κ3) is 8.73. The SMILES string of the molecule is O=C(O)CCCCN(CCc1cc(F)ccc1OCc1ccc(-c2nc3cc(Cl)ccc3o2)cc1)C1CCCc2nc(OC(=O)O)ccc21. The Morgan fingerprint density at radius 2 is 1.82 bits per heavy atom. The molecule has 2 heterocycles. The molecule has 0 aliphatic heterocycles. The molecular weight excluding hydrogens is 653 g/mol. The summed E-state index contributed by atoms with van der Waals surface area (Å²) in [5.74, 6) is -0.0978. The number of aromatic nitrogens is 2. The molecule has 0 saturated heterocycles. The Kier molecular flexibility index (Phi) is 10.7. The van der Waals surface area contributed by atoms with E-state index in [1.54, 1.807) is 30.3 Å². The Labute approximate surface area is 287 Å². The van der Waals surface area contributed by atoms with Crippen molar-refractivity contribution in [2.75, 3.05) is 13.1 Å². The summed E-state index contributed by atoms with van der Waals surface area (Å²) in [6, 6.07) is 20.9. The van der Waals surface area contributed by atoms with Gasteiger partial charge in [-0.1, -0.05) is 29.8 Å². The van der Waals surface area contributed by atoms with Crippen LogP contribution in [0.5, 0.6) is 11.6 Å². The van der Waals surface area contributed by atoms with Crippen LogP contribution in [0.15, 0.2) is 77.2 Å². The normalized spacial score (nSPS) is 14.1. The number of nitrogens with zero attached hydrogens (tertiary/aromatic N) is 3. The minimum absolute atomic E-state index is 0.0189. The monoisotopic (exact) mass is 687 g/mol. The van der Waals surface area contributed by atoms with Crippen molar-refractivity contribution in [3.8, 4) is 23.1 Å². The predicted octanol–water partition coefficient (Wildman–Crippen LogP) is 8.50. The zero-order valence-corrected chi connectivity index (χ0v) is 27.4. The molecule has 1 unspecified atom stereocenters. The van der Waals surface area contributed by atoms with E-state index in [0.717, 1.165) is 40.8 Å². The summed E-state index contributed by atoms with van der Waals surface area (Å²) in [5, 5.41) is 18.8. The smallest absolute Gasteiger partial charge is 0.489 e. The number of fused-ring (bicyclic) bond motifs is 2. The van der Waals surface area contributed by atoms with Gasteiger partial charge < -0.3 is 24.1 Å². The highest BCUT2D eigenvalue weighted by atomic mass is 35.5. The van der Waals surface area contributed by atoms with Crippen molar-refractivity contribution in [3.63, 3.8) is 0 Å². The number of aryl methyl sites for hydroxylation is 1. The van der Waals surface area contributed by atoms with Crippen LogP contribution in [0.4, 0.5) is 9.18 Å². The molecule has 0 fully saturated rings. The number of oxazole rings is 1. The van der Waals surface area contributed by atoms with Crippen LogP contribution in [-0.4, -0.2) is 50.3 Å². The predicted molar refractivity (Wildman–Crippen MR) is 181 cm³/mol. The lowest BCUT2D eigenvalue weighted by Crippen LogP contribution is -2.34. The second-order valence-corrected chi connectivity index (χ2v) is 12.4. The first-order valence-corrected chi connectivity index (χ1v) is 16.5. The zero-order chi connectivity index (χ0) is 34.3. The number of carbonyl (C=O) groups is 2. The number of aliphatic carboxylic acids is 1. The summed E-state index contributed by atoms with van der Waals surface area (Å²) in [6.45, 7) is 1.47. The van der Waals surface area contributed by atoms with E-state index in [1.165, 1.54) is 12.1 Å². The molecule has 12 heteroatoms. The summed E-state index contributed by atoms with van der Waals surface area (Å²) in [6.07, 6.45) is 2.76. The minimum atomic E-state index is -1.42. The van der Waals surface area contributed by atoms with Gasteiger partial charge in [-0.3, -0.25) is 9.69 Å². The molecular formula is C37H35ClFN3O7. The molecule has 0 spiro atoms. The van der Waals surface area contributed by atoms with Gasteiger partial charge in [-0.2, -0.15) is 0 Å². The summed E-state index contributed by atoms with van der Waals surface area (Å²) in [4.78, 5) is 33.5. The number of halogens is 2. The molecule has 254 valence electrons. The van der Waals surface area contributed by atoms with Gasteiger partial charge in [0.1, 0.15) is 23.7 Å². The van der Waals surface area contributed by atoms with Crippen LogP contribution in [0.25, 0.3) is 22.6 Å². The van der Waals surface area contributed by atoms with Crippen molar-refractivity contribution < 1.29 is 38.1 Å². The van der Waals surface area contributed by atoms with Gasteiger partial charge in [0.15, 0.2) is 5.58 Å². The van der Waals surface area contributed by atoms with Crippen LogP contribution in [0.3, 0.4) is 0 Å². The molecule has 5 aromatic rings. The summed E-state index contributed by atoms with van der Waals surface area (Å²) in [7, 11) is 0. The Morgan fingerprint density at radius 3 is 2.61 bits per heavy atom. The van der Waals surface area contributed by atoms with Crippen LogP contribution in [-0.2, 0) is 24.2 Å². The Morgan fingerprint density at radius 1 is 0.980 bits per heavy atom. The number of hydrogen-bond acceptors (Lipinski definition) is 8. The van der Waals surface area contributed by atoms with Crippen LogP contribution < -0.4 is 9.47 Å². The van der Waals surface area contributed by atoms with E-state index in [0.29, 0.717) is 66.5 Å². The third-order valence-electron chi connectivity index (χ3n) is 8.59. The molecule has 2 aromatic heterocycles. The van der Waals surface area contributed by atoms with Gasteiger partial charge in [-0.05, 0) is 110 Å². The lowest BCUT2D eigenvalue weighted by atomic mass is 9.89. The second kappa shape index (κ2) is 15.5. The van der Waals surface area contributed by atoms with E-state index in [-0.39, 0.29) is 30.8 Å². The molecule has 0 amide bonds. The molecule has 0 radical (unpaired) electrons. The average Bonchev–Trinajstić information content (AvgIpc) is 3.50. The van der Waals surface area contributed by atoms with Crippen LogP contribution in [0.2, 0.25) is 5.02 Å². The maximum Gasteiger partial charge on any atom is 0.512 e. The lowest BCUT2D eigenvalue weighted by molar-refractivity contribution is -0.137.